The molecule has 0 saturated carbocycles. The largest absolute Gasteiger partial charge is 0.439 e. The maximum atomic E-state index is 6.04. The van der Waals surface area contributed by atoms with Gasteiger partial charge >= 0.3 is 0 Å². The Kier molecular flexibility index (Phi) is 4.44. The molecule has 0 aliphatic rings. The van der Waals surface area contributed by atoms with Gasteiger partial charge in [0.05, 0.1) is 5.69 Å². The number of nitrogens with two attached hydrogens (primary N) is 3. The molecule has 0 spiro atoms. The van der Waals surface area contributed by atoms with Gasteiger partial charge in [0.1, 0.15) is 11.6 Å². The quantitative estimate of drug-likeness (QED) is 0.419. The van der Waals surface area contributed by atoms with Gasteiger partial charge < -0.3 is 21.6 Å². The van der Waals surface area contributed by atoms with Crippen molar-refractivity contribution in [1.29, 1.82) is 0 Å². The normalized spacial score (nSPS) is 10.4. The Bertz CT molecular complexity index is 820. The molecule has 3 aromatic rings. The van der Waals surface area contributed by atoms with Gasteiger partial charge in [-0.1, -0.05) is 24.3 Å². The van der Waals surface area contributed by atoms with E-state index in [0.29, 0.717) is 29.6 Å². The summed E-state index contributed by atoms with van der Waals surface area (Å²) >= 11 is 0. The van der Waals surface area contributed by atoms with Crippen molar-refractivity contribution >= 4 is 17.3 Å². The molecule has 24 heavy (non-hydrogen) atoms. The maximum Gasteiger partial charge on any atom is 0.219 e. The van der Waals surface area contributed by atoms with Crippen LogP contribution in [-0.2, 0) is 6.42 Å². The van der Waals surface area contributed by atoms with E-state index in [1.165, 1.54) is 0 Å². The van der Waals surface area contributed by atoms with Crippen LogP contribution in [0.5, 0.6) is 11.6 Å². The van der Waals surface area contributed by atoms with Gasteiger partial charge in [0.2, 0.25) is 5.88 Å². The van der Waals surface area contributed by atoms with Crippen molar-refractivity contribution in [3.63, 3.8) is 0 Å². The molecule has 7 heteroatoms. The molecule has 0 amide bonds. The summed E-state index contributed by atoms with van der Waals surface area (Å²) < 4.78 is 5.67. The minimum atomic E-state index is 0.351. The molecule has 2 heterocycles. The fourth-order valence-electron chi connectivity index (χ4n) is 2.29. The fourth-order valence-corrected chi connectivity index (χ4v) is 2.29. The van der Waals surface area contributed by atoms with Gasteiger partial charge in [0.25, 0.3) is 0 Å². The van der Waals surface area contributed by atoms with Crippen LogP contribution in [0.25, 0.3) is 0 Å². The van der Waals surface area contributed by atoms with Gasteiger partial charge in [-0.2, -0.15) is 0 Å². The van der Waals surface area contributed by atoms with Gasteiger partial charge in [-0.15, -0.1) is 0 Å². The predicted octanol–water partition coefficient (Wildman–Crippen LogP) is 2.31. The lowest BCUT2D eigenvalue weighted by Gasteiger charge is -2.11. The molecule has 7 N–H and O–H groups in total. The molecule has 7 nitrogen and oxygen atoms in total. The molecule has 0 aliphatic heterocycles. The van der Waals surface area contributed by atoms with Gasteiger partial charge in [-0.3, -0.25) is 0 Å². The van der Waals surface area contributed by atoms with Crippen LogP contribution in [0.2, 0.25) is 0 Å². The predicted molar refractivity (Wildman–Crippen MR) is 94.4 cm³/mol. The first-order valence-corrected chi connectivity index (χ1v) is 7.35. The maximum absolute atomic E-state index is 6.04. The molecule has 0 fully saturated rings. The van der Waals surface area contributed by atoms with E-state index < -0.39 is 0 Å². The summed E-state index contributed by atoms with van der Waals surface area (Å²) in [7, 11) is 0. The van der Waals surface area contributed by atoms with Crippen LogP contribution < -0.4 is 27.5 Å². The van der Waals surface area contributed by atoms with Crippen molar-refractivity contribution in [3.8, 4) is 11.6 Å². The highest BCUT2D eigenvalue weighted by molar-refractivity contribution is 5.68. The van der Waals surface area contributed by atoms with E-state index in [0.717, 1.165) is 16.9 Å². The molecule has 2 aromatic heterocycles. The number of rotatable bonds is 5. The number of para-hydroxylation sites is 1. The highest BCUT2D eigenvalue weighted by Crippen LogP contribution is 2.25. The molecule has 122 valence electrons. The summed E-state index contributed by atoms with van der Waals surface area (Å²) in [4.78, 5) is 8.35. The number of hydrogen-bond donors (Lipinski definition) is 4. The van der Waals surface area contributed by atoms with Crippen LogP contribution in [0.3, 0.4) is 0 Å². The standard InChI is InChI=1S/C17H18N6O/c18-14-9-12(16(19)17(22-14)23-20)8-11-6-7-15(21-10-11)24-13-4-2-1-3-5-13/h1-7,9-10H,8,19-20H2,(H3,18,22,23). The number of anilines is 3. The summed E-state index contributed by atoms with van der Waals surface area (Å²) in [5, 5.41) is 0. The Balaban J connectivity index is 1.76. The zero-order chi connectivity index (χ0) is 16.9. The fraction of sp³-hybridized carbons (Fsp3) is 0.0588. The lowest BCUT2D eigenvalue weighted by Crippen LogP contribution is -2.13. The van der Waals surface area contributed by atoms with Crippen LogP contribution in [-0.4, -0.2) is 9.97 Å². The number of nitrogens with one attached hydrogen (secondary N) is 1. The molecule has 3 rings (SSSR count). The van der Waals surface area contributed by atoms with Crippen LogP contribution in [0, 0.1) is 0 Å². The number of nitrogens with zero attached hydrogens (tertiary/aromatic N) is 2. The van der Waals surface area contributed by atoms with E-state index in [4.69, 9.17) is 22.0 Å². The van der Waals surface area contributed by atoms with Crippen molar-refractivity contribution < 1.29 is 4.74 Å². The molecule has 1 aromatic carbocycles. The van der Waals surface area contributed by atoms with Crippen LogP contribution >= 0.6 is 0 Å². The third-order valence-corrected chi connectivity index (χ3v) is 3.46. The molecule has 0 aliphatic carbocycles. The lowest BCUT2D eigenvalue weighted by molar-refractivity contribution is 0.462. The van der Waals surface area contributed by atoms with Gasteiger partial charge in [-0.25, -0.2) is 15.8 Å². The number of nitrogen functional groups attached to an aromatic ring is 3. The first-order valence-electron chi connectivity index (χ1n) is 7.35. The first-order chi connectivity index (χ1) is 11.7. The molecular weight excluding hydrogens is 304 g/mol. The Morgan fingerprint density at radius 3 is 2.50 bits per heavy atom. The third kappa shape index (κ3) is 3.53. The van der Waals surface area contributed by atoms with Crippen molar-refractivity contribution in [2.24, 2.45) is 5.84 Å². The lowest BCUT2D eigenvalue weighted by atomic mass is 10.1. The zero-order valence-corrected chi connectivity index (χ0v) is 12.9. The van der Waals surface area contributed by atoms with Crippen LogP contribution in [0.15, 0.2) is 54.7 Å². The Morgan fingerprint density at radius 1 is 1.04 bits per heavy atom. The number of aromatic nitrogens is 2. The smallest absolute Gasteiger partial charge is 0.219 e. The number of pyridine rings is 2. The molecule has 0 saturated heterocycles. The summed E-state index contributed by atoms with van der Waals surface area (Å²) in [6.07, 6.45) is 2.30. The highest BCUT2D eigenvalue weighted by atomic mass is 16.5. The van der Waals surface area contributed by atoms with Gasteiger partial charge in [-0.05, 0) is 29.3 Å². The van der Waals surface area contributed by atoms with Gasteiger partial charge in [0.15, 0.2) is 5.82 Å². The average molecular weight is 322 g/mol. The second-order valence-electron chi connectivity index (χ2n) is 5.21. The molecule has 0 radical (unpaired) electrons. The van der Waals surface area contributed by atoms with E-state index in [1.807, 2.05) is 42.5 Å². The average Bonchev–Trinajstić information content (AvgIpc) is 2.60. The molecule has 0 unspecified atom stereocenters. The third-order valence-electron chi connectivity index (χ3n) is 3.46. The zero-order valence-electron chi connectivity index (χ0n) is 12.9. The van der Waals surface area contributed by atoms with Crippen molar-refractivity contribution in [3.05, 3.63) is 65.9 Å². The van der Waals surface area contributed by atoms with E-state index in [2.05, 4.69) is 15.4 Å². The Hall–Kier alpha value is -3.32. The van der Waals surface area contributed by atoms with Crippen molar-refractivity contribution in [2.45, 2.75) is 6.42 Å². The van der Waals surface area contributed by atoms with E-state index in [9.17, 15) is 0 Å². The van der Waals surface area contributed by atoms with E-state index in [-0.39, 0.29) is 0 Å². The second kappa shape index (κ2) is 6.84. The molecule has 0 bridgehead atoms. The van der Waals surface area contributed by atoms with E-state index in [1.54, 1.807) is 12.3 Å². The molecule has 0 atom stereocenters. The number of hydrogen-bond acceptors (Lipinski definition) is 7. The van der Waals surface area contributed by atoms with E-state index >= 15 is 0 Å². The second-order valence-corrected chi connectivity index (χ2v) is 5.21. The SMILES string of the molecule is NNc1nc(N)cc(Cc2ccc(Oc3ccccc3)nc2)c1N. The summed E-state index contributed by atoms with van der Waals surface area (Å²) in [6.45, 7) is 0. The van der Waals surface area contributed by atoms with Gasteiger partial charge in [0, 0.05) is 18.7 Å². The summed E-state index contributed by atoms with van der Waals surface area (Å²) in [6, 6.07) is 15.0. The number of benzene rings is 1. The van der Waals surface area contributed by atoms with Crippen molar-refractivity contribution in [2.75, 3.05) is 16.9 Å². The minimum absolute atomic E-state index is 0.351. The summed E-state index contributed by atoms with van der Waals surface area (Å²) in [5.74, 6) is 7.38. The number of hydrazine groups is 1. The summed E-state index contributed by atoms with van der Waals surface area (Å²) in [5.41, 5.74) is 16.5. The first kappa shape index (κ1) is 15.6. The monoisotopic (exact) mass is 322 g/mol. The van der Waals surface area contributed by atoms with Crippen LogP contribution in [0.4, 0.5) is 17.3 Å². The van der Waals surface area contributed by atoms with Crippen LogP contribution in [0.1, 0.15) is 11.1 Å². The topological polar surface area (TPSA) is 125 Å². The number of ether oxygens (including phenoxy) is 1. The Morgan fingerprint density at radius 2 is 1.83 bits per heavy atom. The Labute approximate surface area is 139 Å². The molecular formula is C17H18N6O. The highest BCUT2D eigenvalue weighted by Gasteiger charge is 2.09. The minimum Gasteiger partial charge on any atom is -0.439 e. The van der Waals surface area contributed by atoms with Crippen molar-refractivity contribution in [1.82, 2.24) is 9.97 Å².